The van der Waals surface area contributed by atoms with Gasteiger partial charge in [-0.3, -0.25) is 4.90 Å². The van der Waals surface area contributed by atoms with E-state index in [4.69, 9.17) is 0 Å². The first kappa shape index (κ1) is 14.6. The van der Waals surface area contributed by atoms with Crippen molar-refractivity contribution in [1.82, 2.24) is 9.80 Å². The summed E-state index contributed by atoms with van der Waals surface area (Å²) in [6.07, 6.45) is 2.11. The zero-order valence-corrected chi connectivity index (χ0v) is 14.1. The molecule has 0 aromatic heterocycles. The minimum absolute atomic E-state index is 0.101. The molecule has 3 heteroatoms. The number of halogens is 1. The molecule has 1 unspecified atom stereocenters. The van der Waals surface area contributed by atoms with Crippen molar-refractivity contribution in [2.24, 2.45) is 0 Å². The van der Waals surface area contributed by atoms with Gasteiger partial charge in [0, 0.05) is 37.6 Å². The van der Waals surface area contributed by atoms with Crippen molar-refractivity contribution in [1.29, 1.82) is 0 Å². The third-order valence-electron chi connectivity index (χ3n) is 6.26. The summed E-state index contributed by atoms with van der Waals surface area (Å²) in [7, 11) is 2.22. The summed E-state index contributed by atoms with van der Waals surface area (Å²) in [6, 6.07) is 15.2. The van der Waals surface area contributed by atoms with Crippen LogP contribution in [0.15, 0.2) is 42.5 Å². The largest absolute Gasteiger partial charge is 0.304 e. The molecule has 24 heavy (non-hydrogen) atoms. The van der Waals surface area contributed by atoms with E-state index in [1.807, 2.05) is 6.07 Å². The standard InChI is InChI=1S/C21H23FN2/c1-23-8-9-24-17(13-23)12-20-18-5-3-2-4-14(18)10-15-6-7-16(22)11-19(15)21(20)24/h2-7,11,17,20-21H,8-10,12-13H2,1H3/t17-,20-,21?/m1/s1. The molecule has 2 aromatic rings. The first-order valence-corrected chi connectivity index (χ1v) is 9.01. The van der Waals surface area contributed by atoms with Crippen LogP contribution >= 0.6 is 0 Å². The molecule has 0 amide bonds. The van der Waals surface area contributed by atoms with Crippen molar-refractivity contribution in [3.63, 3.8) is 0 Å². The quantitative estimate of drug-likeness (QED) is 0.731. The Hall–Kier alpha value is -1.71. The normalized spacial score (nSPS) is 29.3. The number of fused-ring (bicyclic) bond motifs is 7. The van der Waals surface area contributed by atoms with Crippen molar-refractivity contribution in [2.75, 3.05) is 26.7 Å². The fourth-order valence-electron chi connectivity index (χ4n) is 5.21. The van der Waals surface area contributed by atoms with Crippen molar-refractivity contribution in [3.05, 3.63) is 70.5 Å². The maximum atomic E-state index is 14.1. The van der Waals surface area contributed by atoms with Crippen LogP contribution in [0.25, 0.3) is 0 Å². The zero-order valence-electron chi connectivity index (χ0n) is 14.1. The molecular formula is C21H23FN2. The van der Waals surface area contributed by atoms with E-state index >= 15 is 0 Å². The van der Waals surface area contributed by atoms with E-state index in [0.717, 1.165) is 26.1 Å². The van der Waals surface area contributed by atoms with Gasteiger partial charge in [0.2, 0.25) is 0 Å². The van der Waals surface area contributed by atoms with E-state index in [1.165, 1.54) is 28.7 Å². The van der Waals surface area contributed by atoms with Crippen LogP contribution in [0.3, 0.4) is 0 Å². The molecule has 3 aliphatic rings. The van der Waals surface area contributed by atoms with Gasteiger partial charge in [-0.2, -0.15) is 0 Å². The number of hydrogen-bond acceptors (Lipinski definition) is 2. The third-order valence-corrected chi connectivity index (χ3v) is 6.26. The molecule has 2 fully saturated rings. The molecule has 0 bridgehead atoms. The van der Waals surface area contributed by atoms with E-state index in [2.05, 4.69) is 41.1 Å². The van der Waals surface area contributed by atoms with Crippen LogP contribution < -0.4 is 0 Å². The summed E-state index contributed by atoms with van der Waals surface area (Å²) in [5, 5.41) is 0. The smallest absolute Gasteiger partial charge is 0.123 e. The Labute approximate surface area is 142 Å². The molecule has 2 heterocycles. The van der Waals surface area contributed by atoms with Crippen LogP contribution in [0.4, 0.5) is 4.39 Å². The Morgan fingerprint density at radius 3 is 2.75 bits per heavy atom. The Morgan fingerprint density at radius 1 is 1.00 bits per heavy atom. The number of likely N-dealkylation sites (N-methyl/N-ethyl adjacent to an activating group) is 1. The van der Waals surface area contributed by atoms with Gasteiger partial charge in [0.1, 0.15) is 5.82 Å². The van der Waals surface area contributed by atoms with E-state index < -0.39 is 0 Å². The Bertz CT molecular complexity index is 787. The third kappa shape index (κ3) is 2.15. The molecule has 0 N–H and O–H groups in total. The van der Waals surface area contributed by atoms with E-state index in [-0.39, 0.29) is 5.82 Å². The fourth-order valence-corrected chi connectivity index (χ4v) is 5.21. The maximum absolute atomic E-state index is 14.1. The lowest BCUT2D eigenvalue weighted by molar-refractivity contribution is 0.0921. The highest BCUT2D eigenvalue weighted by Crippen LogP contribution is 2.51. The average molecular weight is 322 g/mol. The molecule has 2 nitrogen and oxygen atoms in total. The average Bonchev–Trinajstić information content (AvgIpc) is 2.88. The van der Waals surface area contributed by atoms with Crippen LogP contribution in [0.1, 0.15) is 40.6 Å². The lowest BCUT2D eigenvalue weighted by Crippen LogP contribution is -2.49. The second-order valence-electron chi connectivity index (χ2n) is 7.66. The molecule has 0 saturated carbocycles. The lowest BCUT2D eigenvalue weighted by atomic mass is 9.87. The molecule has 0 radical (unpaired) electrons. The number of benzene rings is 2. The first-order valence-electron chi connectivity index (χ1n) is 9.01. The molecule has 2 aromatic carbocycles. The van der Waals surface area contributed by atoms with Crippen molar-refractivity contribution in [3.8, 4) is 0 Å². The fraction of sp³-hybridized carbons (Fsp3) is 0.429. The van der Waals surface area contributed by atoms with Crippen LogP contribution in [-0.2, 0) is 6.42 Å². The Balaban J connectivity index is 1.69. The summed E-state index contributed by atoms with van der Waals surface area (Å²) >= 11 is 0. The van der Waals surface area contributed by atoms with Gasteiger partial charge in [-0.25, -0.2) is 4.39 Å². The van der Waals surface area contributed by atoms with Crippen LogP contribution in [-0.4, -0.2) is 42.5 Å². The predicted molar refractivity (Wildman–Crippen MR) is 93.7 cm³/mol. The Kier molecular flexibility index (Phi) is 3.29. The zero-order chi connectivity index (χ0) is 16.3. The van der Waals surface area contributed by atoms with E-state index in [1.54, 1.807) is 12.1 Å². The molecule has 3 atom stereocenters. The molecule has 2 saturated heterocycles. The van der Waals surface area contributed by atoms with Crippen LogP contribution in [0.2, 0.25) is 0 Å². The summed E-state index contributed by atoms with van der Waals surface area (Å²) in [5.41, 5.74) is 5.43. The minimum atomic E-state index is -0.101. The van der Waals surface area contributed by atoms with E-state index in [0.29, 0.717) is 18.0 Å². The van der Waals surface area contributed by atoms with Gasteiger partial charge in [0.25, 0.3) is 0 Å². The van der Waals surface area contributed by atoms with Crippen molar-refractivity contribution < 1.29 is 4.39 Å². The van der Waals surface area contributed by atoms with Crippen molar-refractivity contribution in [2.45, 2.75) is 30.8 Å². The first-order chi connectivity index (χ1) is 11.7. The van der Waals surface area contributed by atoms with Gasteiger partial charge in [-0.05, 0) is 54.3 Å². The highest BCUT2D eigenvalue weighted by Gasteiger charge is 2.46. The van der Waals surface area contributed by atoms with Crippen LogP contribution in [0, 0.1) is 5.82 Å². The summed E-state index contributed by atoms with van der Waals surface area (Å²) in [6.45, 7) is 3.31. The number of nitrogens with zero attached hydrogens (tertiary/aromatic N) is 2. The molecule has 124 valence electrons. The van der Waals surface area contributed by atoms with Gasteiger partial charge in [0.15, 0.2) is 0 Å². The second kappa shape index (κ2) is 5.40. The van der Waals surface area contributed by atoms with Gasteiger partial charge in [0.05, 0.1) is 0 Å². The predicted octanol–water partition coefficient (Wildman–Crippen LogP) is 3.57. The summed E-state index contributed by atoms with van der Waals surface area (Å²) in [5.74, 6) is 0.386. The lowest BCUT2D eigenvalue weighted by Gasteiger charge is -2.39. The number of rotatable bonds is 0. The molecule has 1 aliphatic carbocycles. The second-order valence-corrected chi connectivity index (χ2v) is 7.66. The van der Waals surface area contributed by atoms with Gasteiger partial charge in [-0.15, -0.1) is 0 Å². The molecule has 2 aliphatic heterocycles. The minimum Gasteiger partial charge on any atom is -0.304 e. The van der Waals surface area contributed by atoms with Gasteiger partial charge in [-0.1, -0.05) is 30.3 Å². The van der Waals surface area contributed by atoms with Crippen LogP contribution in [0.5, 0.6) is 0 Å². The SMILES string of the molecule is CN1CCN2C3c4cc(F)ccc4Cc4ccccc4[C@H]3C[C@@H]2C1. The topological polar surface area (TPSA) is 6.48 Å². The summed E-state index contributed by atoms with van der Waals surface area (Å²) < 4.78 is 14.1. The van der Waals surface area contributed by atoms with Gasteiger partial charge >= 0.3 is 0 Å². The monoisotopic (exact) mass is 322 g/mol. The molecule has 0 spiro atoms. The highest BCUT2D eigenvalue weighted by atomic mass is 19.1. The highest BCUT2D eigenvalue weighted by molar-refractivity contribution is 5.46. The maximum Gasteiger partial charge on any atom is 0.123 e. The van der Waals surface area contributed by atoms with E-state index in [9.17, 15) is 4.39 Å². The molecular weight excluding hydrogens is 299 g/mol. The molecule has 5 rings (SSSR count). The number of piperazine rings is 1. The van der Waals surface area contributed by atoms with Gasteiger partial charge < -0.3 is 4.90 Å². The Morgan fingerprint density at radius 2 is 1.83 bits per heavy atom. The van der Waals surface area contributed by atoms with Crippen molar-refractivity contribution >= 4 is 0 Å². The summed E-state index contributed by atoms with van der Waals surface area (Å²) in [4.78, 5) is 5.09. The number of hydrogen-bond donors (Lipinski definition) is 0.